The molecule has 122 valence electrons. The molecule has 2 N–H and O–H groups in total. The summed E-state index contributed by atoms with van der Waals surface area (Å²) in [6.07, 6.45) is 3.65. The molecule has 1 aromatic heterocycles. The fourth-order valence-corrected chi connectivity index (χ4v) is 3.86. The van der Waals surface area contributed by atoms with Crippen LogP contribution in [0.5, 0.6) is 0 Å². The van der Waals surface area contributed by atoms with Crippen LogP contribution in [-0.2, 0) is 11.2 Å². The Bertz CT molecular complexity index is 726. The normalized spacial score (nSPS) is 18.3. The number of amides is 1. The van der Waals surface area contributed by atoms with E-state index in [1.165, 1.54) is 16.6 Å². The molecule has 0 saturated carbocycles. The van der Waals surface area contributed by atoms with E-state index < -0.39 is 0 Å². The number of aryl methyl sites for hydroxylation is 1. The van der Waals surface area contributed by atoms with E-state index in [-0.39, 0.29) is 5.91 Å². The predicted molar refractivity (Wildman–Crippen MR) is 94.6 cm³/mol. The lowest BCUT2D eigenvalue weighted by Gasteiger charge is -2.36. The first-order valence-corrected chi connectivity index (χ1v) is 8.51. The molecule has 0 spiro atoms. The highest BCUT2D eigenvalue weighted by molar-refractivity contribution is 5.94. The van der Waals surface area contributed by atoms with Gasteiger partial charge >= 0.3 is 0 Å². The number of nitrogens with two attached hydrogens (primary N) is 1. The zero-order chi connectivity index (χ0) is 16.4. The molecule has 23 heavy (non-hydrogen) atoms. The third-order valence-electron chi connectivity index (χ3n) is 4.85. The van der Waals surface area contributed by atoms with Crippen molar-refractivity contribution in [2.24, 2.45) is 11.7 Å². The fourth-order valence-electron chi connectivity index (χ4n) is 3.86. The number of fused-ring (bicyclic) bond motifs is 1. The van der Waals surface area contributed by atoms with Crippen LogP contribution in [0.4, 0.5) is 5.69 Å². The van der Waals surface area contributed by atoms with Crippen molar-refractivity contribution >= 4 is 22.5 Å². The molecule has 4 heteroatoms. The van der Waals surface area contributed by atoms with E-state index in [2.05, 4.69) is 36.9 Å². The molecule has 4 nitrogen and oxygen atoms in total. The number of nitrogens with zero attached hydrogens (tertiary/aromatic N) is 2. The van der Waals surface area contributed by atoms with Crippen molar-refractivity contribution in [2.75, 3.05) is 18.0 Å². The van der Waals surface area contributed by atoms with Crippen LogP contribution in [0, 0.1) is 12.8 Å². The minimum absolute atomic E-state index is 0.191. The van der Waals surface area contributed by atoms with Gasteiger partial charge in [-0.15, -0.1) is 0 Å². The summed E-state index contributed by atoms with van der Waals surface area (Å²) in [4.78, 5) is 18.5. The Morgan fingerprint density at radius 3 is 2.91 bits per heavy atom. The summed E-state index contributed by atoms with van der Waals surface area (Å²) < 4.78 is 0. The topological polar surface area (TPSA) is 59.2 Å². The van der Waals surface area contributed by atoms with Crippen LogP contribution in [0.25, 0.3) is 10.9 Å². The summed E-state index contributed by atoms with van der Waals surface area (Å²) in [7, 11) is 0. The second-order valence-corrected chi connectivity index (χ2v) is 6.52. The van der Waals surface area contributed by atoms with Crippen molar-refractivity contribution in [1.29, 1.82) is 0 Å². The number of primary amides is 1. The number of benzene rings is 1. The first kappa shape index (κ1) is 15.8. The van der Waals surface area contributed by atoms with Crippen molar-refractivity contribution < 1.29 is 4.79 Å². The van der Waals surface area contributed by atoms with Crippen molar-refractivity contribution in [3.8, 4) is 0 Å². The maximum atomic E-state index is 11.3. The Labute approximate surface area is 137 Å². The third-order valence-corrected chi connectivity index (χ3v) is 4.85. The highest BCUT2D eigenvalue weighted by Gasteiger charge is 2.25. The number of carbonyl (C=O) groups excluding carboxylic acids is 1. The van der Waals surface area contributed by atoms with Gasteiger partial charge in [-0.3, -0.25) is 9.78 Å². The van der Waals surface area contributed by atoms with Gasteiger partial charge < -0.3 is 10.6 Å². The number of aromatic nitrogens is 1. The van der Waals surface area contributed by atoms with Gasteiger partial charge in [-0.1, -0.05) is 25.1 Å². The maximum Gasteiger partial charge on any atom is 0.217 e. The molecule has 1 aliphatic heterocycles. The molecule has 1 saturated heterocycles. The summed E-state index contributed by atoms with van der Waals surface area (Å²) in [6, 6.07) is 8.35. The van der Waals surface area contributed by atoms with Crippen LogP contribution in [-0.4, -0.2) is 24.0 Å². The molecule has 2 heterocycles. The molecule has 3 rings (SSSR count). The van der Waals surface area contributed by atoms with Gasteiger partial charge in [-0.2, -0.15) is 0 Å². The average molecular weight is 311 g/mol. The molecule has 1 aromatic carbocycles. The number of rotatable bonds is 4. The van der Waals surface area contributed by atoms with Crippen LogP contribution in [0.15, 0.2) is 24.3 Å². The van der Waals surface area contributed by atoms with Crippen LogP contribution in [0.1, 0.15) is 37.4 Å². The quantitative estimate of drug-likeness (QED) is 0.943. The van der Waals surface area contributed by atoms with Gasteiger partial charge in [0.1, 0.15) is 0 Å². The zero-order valence-corrected chi connectivity index (χ0v) is 14.0. The van der Waals surface area contributed by atoms with E-state index in [1.807, 2.05) is 6.07 Å². The monoisotopic (exact) mass is 311 g/mol. The summed E-state index contributed by atoms with van der Waals surface area (Å²) in [6.45, 7) is 6.23. The number of hydrogen-bond donors (Lipinski definition) is 1. The minimum Gasteiger partial charge on any atom is -0.370 e. The molecule has 1 amide bonds. The Kier molecular flexibility index (Phi) is 4.51. The molecule has 2 aromatic rings. The smallest absolute Gasteiger partial charge is 0.217 e. The van der Waals surface area contributed by atoms with E-state index in [0.29, 0.717) is 12.3 Å². The molecule has 1 atom stereocenters. The second-order valence-electron chi connectivity index (χ2n) is 6.52. The average Bonchev–Trinajstić information content (AvgIpc) is 2.53. The van der Waals surface area contributed by atoms with Gasteiger partial charge in [-0.05, 0) is 43.7 Å². The lowest BCUT2D eigenvalue weighted by Crippen LogP contribution is -2.37. The summed E-state index contributed by atoms with van der Waals surface area (Å²) in [5.41, 5.74) is 10.2. The molecule has 1 fully saturated rings. The molecule has 0 aliphatic carbocycles. The standard InChI is InChI=1S/C19H25N3O/c1-3-15-13(2)21-17-9-5-4-8-16(17)19(15)22-10-6-7-14(12-22)11-18(20)23/h4-5,8-9,14H,3,6-7,10-12H2,1-2H3,(H2,20,23). The Balaban J connectivity index is 2.05. The van der Waals surface area contributed by atoms with E-state index in [9.17, 15) is 4.79 Å². The first-order chi connectivity index (χ1) is 11.1. The van der Waals surface area contributed by atoms with E-state index >= 15 is 0 Å². The Hall–Kier alpha value is -2.10. The van der Waals surface area contributed by atoms with E-state index in [1.54, 1.807) is 0 Å². The van der Waals surface area contributed by atoms with Gasteiger partial charge in [0, 0.05) is 30.6 Å². The SMILES string of the molecule is CCc1c(C)nc2ccccc2c1N1CCCC(CC(N)=O)C1. The number of anilines is 1. The predicted octanol–water partition coefficient (Wildman–Crippen LogP) is 3.20. The maximum absolute atomic E-state index is 11.3. The lowest BCUT2D eigenvalue weighted by molar-refractivity contribution is -0.118. The van der Waals surface area contributed by atoms with Crippen molar-refractivity contribution in [3.05, 3.63) is 35.5 Å². The first-order valence-electron chi connectivity index (χ1n) is 8.51. The van der Waals surface area contributed by atoms with Gasteiger partial charge in [0.25, 0.3) is 0 Å². The van der Waals surface area contributed by atoms with Gasteiger partial charge in [0.2, 0.25) is 5.91 Å². The summed E-state index contributed by atoms with van der Waals surface area (Å²) in [5.74, 6) is 0.168. The van der Waals surface area contributed by atoms with E-state index in [0.717, 1.165) is 43.6 Å². The van der Waals surface area contributed by atoms with Crippen molar-refractivity contribution in [2.45, 2.75) is 39.5 Å². The highest BCUT2D eigenvalue weighted by atomic mass is 16.1. The number of pyridine rings is 1. The largest absolute Gasteiger partial charge is 0.370 e. The van der Waals surface area contributed by atoms with Gasteiger partial charge in [0.05, 0.1) is 11.2 Å². The minimum atomic E-state index is -0.191. The summed E-state index contributed by atoms with van der Waals surface area (Å²) in [5, 5.41) is 1.22. The fraction of sp³-hybridized carbons (Fsp3) is 0.474. The lowest BCUT2D eigenvalue weighted by atomic mass is 9.92. The zero-order valence-electron chi connectivity index (χ0n) is 14.0. The molecule has 1 unspecified atom stereocenters. The van der Waals surface area contributed by atoms with Gasteiger partial charge in [-0.25, -0.2) is 0 Å². The van der Waals surface area contributed by atoms with Gasteiger partial charge in [0.15, 0.2) is 0 Å². The molecular weight excluding hydrogens is 286 g/mol. The van der Waals surface area contributed by atoms with Crippen molar-refractivity contribution in [1.82, 2.24) is 4.98 Å². The Morgan fingerprint density at radius 2 is 2.17 bits per heavy atom. The second kappa shape index (κ2) is 6.57. The van der Waals surface area contributed by atoms with Crippen molar-refractivity contribution in [3.63, 3.8) is 0 Å². The molecule has 0 radical (unpaired) electrons. The summed E-state index contributed by atoms with van der Waals surface area (Å²) >= 11 is 0. The van der Waals surface area contributed by atoms with Crippen LogP contribution in [0.2, 0.25) is 0 Å². The Morgan fingerprint density at radius 1 is 1.39 bits per heavy atom. The number of para-hydroxylation sites is 1. The van der Waals surface area contributed by atoms with Crippen LogP contribution >= 0.6 is 0 Å². The molecular formula is C19H25N3O. The highest BCUT2D eigenvalue weighted by Crippen LogP contribution is 2.35. The molecule has 1 aliphatic rings. The van der Waals surface area contributed by atoms with E-state index in [4.69, 9.17) is 10.7 Å². The number of hydrogen-bond acceptors (Lipinski definition) is 3. The van der Waals surface area contributed by atoms with Crippen LogP contribution in [0.3, 0.4) is 0 Å². The molecule has 0 bridgehead atoms. The van der Waals surface area contributed by atoms with Crippen LogP contribution < -0.4 is 10.6 Å². The number of piperidine rings is 1. The third kappa shape index (κ3) is 3.16. The number of carbonyl (C=O) groups is 1.